The summed E-state index contributed by atoms with van der Waals surface area (Å²) >= 11 is 8.63. The van der Waals surface area contributed by atoms with E-state index in [1.807, 2.05) is 19.1 Å². The van der Waals surface area contributed by atoms with Crippen LogP contribution < -0.4 is 5.73 Å². The van der Waals surface area contributed by atoms with Crippen LogP contribution in [0.15, 0.2) is 27.1 Å². The van der Waals surface area contributed by atoms with Gasteiger partial charge in [-0.25, -0.2) is 0 Å². The van der Waals surface area contributed by atoms with Crippen molar-refractivity contribution in [2.75, 3.05) is 5.73 Å². The minimum absolute atomic E-state index is 0.413. The normalized spacial score (nSPS) is 10.7. The summed E-state index contributed by atoms with van der Waals surface area (Å²) in [5.74, 6) is 0.413. The van der Waals surface area contributed by atoms with Crippen LogP contribution in [0.5, 0.6) is 0 Å². The lowest BCUT2D eigenvalue weighted by atomic mass is 10.1. The Bertz CT molecular complexity index is 518. The molecule has 4 heteroatoms. The molecule has 0 aliphatic rings. The van der Waals surface area contributed by atoms with E-state index in [0.717, 1.165) is 25.9 Å². The van der Waals surface area contributed by atoms with Gasteiger partial charge in [0.15, 0.2) is 5.88 Å². The molecule has 0 saturated carbocycles. The first-order chi connectivity index (χ1) is 6.59. The monoisotopic (exact) mass is 269 g/mol. The topological polar surface area (TPSA) is 39.2 Å². The Hall–Kier alpha value is -0.870. The number of nitrogens with two attached hydrogens (primary N) is 1. The Balaban J connectivity index is 2.88. The van der Waals surface area contributed by atoms with E-state index in [0.29, 0.717) is 5.88 Å². The molecule has 1 heterocycles. The number of rotatable bonds is 1. The van der Waals surface area contributed by atoms with Crippen molar-refractivity contribution >= 4 is 49.9 Å². The van der Waals surface area contributed by atoms with Gasteiger partial charge in [0.1, 0.15) is 5.58 Å². The lowest BCUT2D eigenvalue weighted by Crippen LogP contribution is -1.92. The van der Waals surface area contributed by atoms with Crippen LogP contribution in [-0.2, 0) is 0 Å². The molecule has 0 amide bonds. The number of benzene rings is 1. The Morgan fingerprint density at radius 2 is 2.21 bits per heavy atom. The molecular formula is C10H8BrNOS. The number of hydrogen-bond donors (Lipinski definition) is 1. The first-order valence-corrected chi connectivity index (χ1v) is 5.28. The first kappa shape index (κ1) is 9.68. The summed E-state index contributed by atoms with van der Waals surface area (Å²) in [6.45, 7) is 1.89. The maximum absolute atomic E-state index is 5.58. The predicted molar refractivity (Wildman–Crippen MR) is 65.7 cm³/mol. The highest BCUT2D eigenvalue weighted by Crippen LogP contribution is 2.30. The third-order valence-electron chi connectivity index (χ3n) is 2.02. The SMILES string of the molecule is CC(=S)c1c(Br)ccc2oc(N)cc12. The highest BCUT2D eigenvalue weighted by atomic mass is 79.9. The number of thiocarbonyl (C=S) groups is 1. The van der Waals surface area contributed by atoms with Crippen LogP contribution in [0.2, 0.25) is 0 Å². The molecule has 0 saturated heterocycles. The van der Waals surface area contributed by atoms with Crippen molar-refractivity contribution in [2.24, 2.45) is 0 Å². The Morgan fingerprint density at radius 3 is 2.86 bits per heavy atom. The first-order valence-electron chi connectivity index (χ1n) is 4.08. The number of anilines is 1. The van der Waals surface area contributed by atoms with Crippen LogP contribution in [-0.4, -0.2) is 4.86 Å². The summed E-state index contributed by atoms with van der Waals surface area (Å²) in [5.41, 5.74) is 7.34. The predicted octanol–water partition coefficient (Wildman–Crippen LogP) is 3.52. The Morgan fingerprint density at radius 1 is 1.50 bits per heavy atom. The molecule has 14 heavy (non-hydrogen) atoms. The number of fused-ring (bicyclic) bond motifs is 1. The molecule has 2 N–H and O–H groups in total. The summed E-state index contributed by atoms with van der Waals surface area (Å²) in [4.78, 5) is 0.822. The van der Waals surface area contributed by atoms with Crippen molar-refractivity contribution in [3.8, 4) is 0 Å². The zero-order valence-electron chi connectivity index (χ0n) is 7.50. The second-order valence-corrected chi connectivity index (χ2v) is 4.51. The van der Waals surface area contributed by atoms with E-state index >= 15 is 0 Å². The van der Waals surface area contributed by atoms with E-state index in [-0.39, 0.29) is 0 Å². The fourth-order valence-electron chi connectivity index (χ4n) is 1.46. The van der Waals surface area contributed by atoms with Crippen LogP contribution >= 0.6 is 28.1 Å². The number of hydrogen-bond acceptors (Lipinski definition) is 3. The van der Waals surface area contributed by atoms with Gasteiger partial charge in [-0.3, -0.25) is 0 Å². The molecule has 0 spiro atoms. The highest BCUT2D eigenvalue weighted by molar-refractivity contribution is 9.10. The molecule has 0 fully saturated rings. The number of furan rings is 1. The quantitative estimate of drug-likeness (QED) is 0.636. The van der Waals surface area contributed by atoms with Gasteiger partial charge in [0.2, 0.25) is 0 Å². The van der Waals surface area contributed by atoms with E-state index < -0.39 is 0 Å². The van der Waals surface area contributed by atoms with E-state index in [2.05, 4.69) is 15.9 Å². The molecule has 0 atom stereocenters. The van der Waals surface area contributed by atoms with Crippen LogP contribution in [0.3, 0.4) is 0 Å². The third-order valence-corrected chi connectivity index (χ3v) is 2.89. The standard InChI is InChI=1S/C10H8BrNOS/c1-5(14)10-6-4-9(12)13-8(6)3-2-7(10)11/h2-4H,12H2,1H3. The summed E-state index contributed by atoms with van der Waals surface area (Å²) in [6, 6.07) is 5.58. The minimum Gasteiger partial charge on any atom is -0.441 e. The fourth-order valence-corrected chi connectivity index (χ4v) is 2.46. The molecule has 2 rings (SSSR count). The van der Waals surface area contributed by atoms with E-state index in [1.165, 1.54) is 0 Å². The van der Waals surface area contributed by atoms with Gasteiger partial charge < -0.3 is 10.2 Å². The fraction of sp³-hybridized carbons (Fsp3) is 0.100. The maximum atomic E-state index is 5.58. The van der Waals surface area contributed by atoms with Crippen molar-refractivity contribution in [1.82, 2.24) is 0 Å². The lowest BCUT2D eigenvalue weighted by molar-refractivity contribution is 0.637. The molecule has 0 unspecified atom stereocenters. The van der Waals surface area contributed by atoms with Gasteiger partial charge >= 0.3 is 0 Å². The van der Waals surface area contributed by atoms with Gasteiger partial charge in [0.05, 0.1) is 0 Å². The molecule has 1 aromatic carbocycles. The van der Waals surface area contributed by atoms with Gasteiger partial charge in [0.25, 0.3) is 0 Å². The second kappa shape index (κ2) is 3.37. The van der Waals surface area contributed by atoms with Gasteiger partial charge in [-0.15, -0.1) is 0 Å². The highest BCUT2D eigenvalue weighted by Gasteiger charge is 2.10. The smallest absolute Gasteiger partial charge is 0.191 e. The largest absolute Gasteiger partial charge is 0.441 e. The molecule has 0 aliphatic carbocycles. The summed E-state index contributed by atoms with van der Waals surface area (Å²) < 4.78 is 6.28. The molecule has 0 bridgehead atoms. The van der Waals surface area contributed by atoms with Gasteiger partial charge in [-0.05, 0) is 19.1 Å². The molecule has 2 aromatic rings. The molecule has 0 radical (unpaired) electrons. The number of halogens is 1. The second-order valence-electron chi connectivity index (χ2n) is 3.04. The van der Waals surface area contributed by atoms with E-state index in [1.54, 1.807) is 6.07 Å². The average Bonchev–Trinajstić information content (AvgIpc) is 2.43. The molecule has 1 aromatic heterocycles. The van der Waals surface area contributed by atoms with Crippen molar-refractivity contribution in [3.05, 3.63) is 28.2 Å². The van der Waals surface area contributed by atoms with Crippen LogP contribution in [0.4, 0.5) is 5.88 Å². The summed E-state index contributed by atoms with van der Waals surface area (Å²) in [7, 11) is 0. The maximum Gasteiger partial charge on any atom is 0.191 e. The molecule has 0 aliphatic heterocycles. The minimum atomic E-state index is 0.413. The molecule has 2 nitrogen and oxygen atoms in total. The van der Waals surface area contributed by atoms with E-state index in [9.17, 15) is 0 Å². The zero-order chi connectivity index (χ0) is 10.3. The lowest BCUT2D eigenvalue weighted by Gasteiger charge is -2.02. The zero-order valence-corrected chi connectivity index (χ0v) is 9.91. The Kier molecular flexibility index (Phi) is 2.33. The van der Waals surface area contributed by atoms with E-state index in [4.69, 9.17) is 22.4 Å². The van der Waals surface area contributed by atoms with Crippen LogP contribution in [0.1, 0.15) is 12.5 Å². The van der Waals surface area contributed by atoms with Crippen molar-refractivity contribution in [1.29, 1.82) is 0 Å². The third kappa shape index (κ3) is 1.44. The Labute approximate surface area is 95.2 Å². The average molecular weight is 270 g/mol. The van der Waals surface area contributed by atoms with Crippen molar-refractivity contribution < 1.29 is 4.42 Å². The van der Waals surface area contributed by atoms with Crippen LogP contribution in [0, 0.1) is 0 Å². The van der Waals surface area contributed by atoms with Crippen molar-refractivity contribution in [2.45, 2.75) is 6.92 Å². The van der Waals surface area contributed by atoms with Crippen molar-refractivity contribution in [3.63, 3.8) is 0 Å². The van der Waals surface area contributed by atoms with Crippen LogP contribution in [0.25, 0.3) is 11.0 Å². The molecule has 72 valence electrons. The van der Waals surface area contributed by atoms with Gasteiger partial charge in [0, 0.05) is 26.4 Å². The summed E-state index contributed by atoms with van der Waals surface area (Å²) in [6.07, 6.45) is 0. The van der Waals surface area contributed by atoms with Gasteiger partial charge in [-0.2, -0.15) is 0 Å². The number of nitrogen functional groups attached to an aromatic ring is 1. The summed E-state index contributed by atoms with van der Waals surface area (Å²) in [5, 5.41) is 0.962. The molecular weight excluding hydrogens is 262 g/mol. The van der Waals surface area contributed by atoms with Gasteiger partial charge in [-0.1, -0.05) is 28.1 Å².